The largest absolute Gasteiger partial charge is 0.337 e. The third-order valence-corrected chi connectivity index (χ3v) is 4.33. The SMILES string of the molecule is CC1(CN)CCN(C(=O)c2cn(Cc3cccc(F)c3)nn2)C1.Cl. The summed E-state index contributed by atoms with van der Waals surface area (Å²) in [5.41, 5.74) is 6.83. The molecule has 3 rings (SSSR count). The third-order valence-electron chi connectivity index (χ3n) is 4.33. The molecule has 0 saturated carbocycles. The van der Waals surface area contributed by atoms with Crippen LogP contribution >= 0.6 is 12.4 Å². The minimum atomic E-state index is -0.294. The number of nitrogens with zero attached hydrogens (tertiary/aromatic N) is 4. The highest BCUT2D eigenvalue weighted by Gasteiger charge is 2.35. The molecule has 0 radical (unpaired) electrons. The van der Waals surface area contributed by atoms with Crippen LogP contribution < -0.4 is 5.73 Å². The molecule has 1 aromatic heterocycles. The first kappa shape index (κ1) is 18.4. The smallest absolute Gasteiger partial charge is 0.276 e. The lowest BCUT2D eigenvalue weighted by atomic mass is 9.90. The lowest BCUT2D eigenvalue weighted by molar-refractivity contribution is 0.0771. The molecule has 1 amide bonds. The van der Waals surface area contributed by atoms with Crippen LogP contribution in [-0.2, 0) is 6.54 Å². The van der Waals surface area contributed by atoms with Gasteiger partial charge < -0.3 is 10.6 Å². The molecule has 130 valence electrons. The Morgan fingerprint density at radius 2 is 2.25 bits per heavy atom. The van der Waals surface area contributed by atoms with E-state index in [0.29, 0.717) is 31.9 Å². The van der Waals surface area contributed by atoms with E-state index in [9.17, 15) is 9.18 Å². The molecule has 2 N–H and O–H groups in total. The molecule has 2 heterocycles. The summed E-state index contributed by atoms with van der Waals surface area (Å²) in [5.74, 6) is -0.426. The van der Waals surface area contributed by atoms with Crippen LogP contribution in [0.2, 0.25) is 0 Å². The van der Waals surface area contributed by atoms with Crippen molar-refractivity contribution in [2.45, 2.75) is 19.9 Å². The Labute approximate surface area is 146 Å². The Morgan fingerprint density at radius 1 is 1.46 bits per heavy atom. The molecule has 2 aromatic rings. The van der Waals surface area contributed by atoms with Gasteiger partial charge in [-0.15, -0.1) is 17.5 Å². The number of benzene rings is 1. The fourth-order valence-corrected chi connectivity index (χ4v) is 2.82. The summed E-state index contributed by atoms with van der Waals surface area (Å²) in [6, 6.07) is 6.28. The van der Waals surface area contributed by atoms with Gasteiger partial charge in [0.05, 0.1) is 12.7 Å². The zero-order valence-corrected chi connectivity index (χ0v) is 14.3. The minimum Gasteiger partial charge on any atom is -0.337 e. The summed E-state index contributed by atoms with van der Waals surface area (Å²) in [6.45, 7) is 4.34. The van der Waals surface area contributed by atoms with Crippen molar-refractivity contribution in [2.75, 3.05) is 19.6 Å². The van der Waals surface area contributed by atoms with Crippen LogP contribution in [0.5, 0.6) is 0 Å². The molecule has 0 spiro atoms. The number of rotatable bonds is 4. The van der Waals surface area contributed by atoms with Crippen LogP contribution in [0.15, 0.2) is 30.5 Å². The quantitative estimate of drug-likeness (QED) is 0.907. The van der Waals surface area contributed by atoms with Gasteiger partial charge in [0, 0.05) is 13.1 Å². The van der Waals surface area contributed by atoms with Gasteiger partial charge in [-0.2, -0.15) is 0 Å². The Hall–Kier alpha value is -1.99. The number of hydrogen-bond acceptors (Lipinski definition) is 4. The second kappa shape index (κ2) is 7.27. The van der Waals surface area contributed by atoms with E-state index >= 15 is 0 Å². The summed E-state index contributed by atoms with van der Waals surface area (Å²) < 4.78 is 14.7. The lowest BCUT2D eigenvalue weighted by Gasteiger charge is -2.21. The van der Waals surface area contributed by atoms with Crippen molar-refractivity contribution in [2.24, 2.45) is 11.1 Å². The van der Waals surface area contributed by atoms with Crippen molar-refractivity contribution in [1.82, 2.24) is 19.9 Å². The average molecular weight is 354 g/mol. The Kier molecular flexibility index (Phi) is 5.56. The highest BCUT2D eigenvalue weighted by Crippen LogP contribution is 2.29. The zero-order valence-electron chi connectivity index (χ0n) is 13.5. The van der Waals surface area contributed by atoms with E-state index in [2.05, 4.69) is 17.2 Å². The lowest BCUT2D eigenvalue weighted by Crippen LogP contribution is -2.34. The molecule has 24 heavy (non-hydrogen) atoms. The first-order valence-electron chi connectivity index (χ1n) is 7.63. The molecule has 1 aliphatic heterocycles. The van der Waals surface area contributed by atoms with Crippen LogP contribution in [0.4, 0.5) is 4.39 Å². The number of aromatic nitrogens is 3. The summed E-state index contributed by atoms with van der Waals surface area (Å²) in [6.07, 6.45) is 2.50. The minimum absolute atomic E-state index is 0. The number of hydrogen-bond donors (Lipinski definition) is 1. The second-order valence-corrected chi connectivity index (χ2v) is 6.42. The van der Waals surface area contributed by atoms with Gasteiger partial charge in [0.25, 0.3) is 5.91 Å². The Bertz CT molecular complexity index is 722. The fraction of sp³-hybridized carbons (Fsp3) is 0.438. The number of amides is 1. The zero-order chi connectivity index (χ0) is 16.4. The molecule has 1 aromatic carbocycles. The van der Waals surface area contributed by atoms with E-state index in [1.807, 2.05) is 0 Å². The van der Waals surface area contributed by atoms with Crippen LogP contribution in [-0.4, -0.2) is 45.4 Å². The fourth-order valence-electron chi connectivity index (χ4n) is 2.82. The normalized spacial score (nSPS) is 20.0. The molecule has 1 unspecified atom stereocenters. The van der Waals surface area contributed by atoms with Gasteiger partial charge in [-0.1, -0.05) is 24.3 Å². The maximum absolute atomic E-state index is 13.2. The molecule has 6 nitrogen and oxygen atoms in total. The third kappa shape index (κ3) is 3.91. The van der Waals surface area contributed by atoms with Gasteiger partial charge >= 0.3 is 0 Å². The van der Waals surface area contributed by atoms with E-state index in [0.717, 1.165) is 12.0 Å². The molecule has 1 fully saturated rings. The standard InChI is InChI=1S/C16H20FN5O.ClH/c1-16(10-18)5-6-21(11-16)15(23)14-9-22(20-19-14)8-12-3-2-4-13(17)7-12;/h2-4,7,9H,5-6,8,10-11,18H2,1H3;1H. The van der Waals surface area contributed by atoms with E-state index in [4.69, 9.17) is 5.73 Å². The molecule has 8 heteroatoms. The summed E-state index contributed by atoms with van der Waals surface area (Å²) >= 11 is 0. The number of carbonyl (C=O) groups is 1. The van der Waals surface area contributed by atoms with E-state index in [-0.39, 0.29) is 29.5 Å². The van der Waals surface area contributed by atoms with E-state index < -0.39 is 0 Å². The topological polar surface area (TPSA) is 77.0 Å². The van der Waals surface area contributed by atoms with Crippen molar-refractivity contribution in [3.8, 4) is 0 Å². The van der Waals surface area contributed by atoms with E-state index in [1.54, 1.807) is 27.9 Å². The van der Waals surface area contributed by atoms with Crippen molar-refractivity contribution in [1.29, 1.82) is 0 Å². The Balaban J connectivity index is 0.00000208. The average Bonchev–Trinajstić information content (AvgIpc) is 3.14. The van der Waals surface area contributed by atoms with Crippen LogP contribution in [0, 0.1) is 11.2 Å². The van der Waals surface area contributed by atoms with Gasteiger partial charge in [-0.05, 0) is 36.1 Å². The Morgan fingerprint density at radius 3 is 2.92 bits per heavy atom. The first-order valence-corrected chi connectivity index (χ1v) is 7.63. The summed E-state index contributed by atoms with van der Waals surface area (Å²) in [5, 5.41) is 7.91. The maximum atomic E-state index is 13.2. The number of halogens is 2. The van der Waals surface area contributed by atoms with Crippen LogP contribution in [0.3, 0.4) is 0 Å². The highest BCUT2D eigenvalue weighted by molar-refractivity contribution is 5.92. The van der Waals surface area contributed by atoms with Crippen molar-refractivity contribution in [3.05, 3.63) is 47.5 Å². The summed E-state index contributed by atoms with van der Waals surface area (Å²) in [7, 11) is 0. The van der Waals surface area contributed by atoms with Crippen LogP contribution in [0.25, 0.3) is 0 Å². The van der Waals surface area contributed by atoms with Crippen LogP contribution in [0.1, 0.15) is 29.4 Å². The molecule has 1 saturated heterocycles. The van der Waals surface area contributed by atoms with Crippen molar-refractivity contribution in [3.63, 3.8) is 0 Å². The molecule has 1 atom stereocenters. The van der Waals surface area contributed by atoms with Gasteiger partial charge in [-0.25, -0.2) is 9.07 Å². The monoisotopic (exact) mass is 353 g/mol. The maximum Gasteiger partial charge on any atom is 0.276 e. The molecule has 0 aliphatic carbocycles. The molecule has 1 aliphatic rings. The van der Waals surface area contributed by atoms with E-state index in [1.165, 1.54) is 12.1 Å². The molecule has 0 bridgehead atoms. The number of nitrogens with two attached hydrogens (primary N) is 1. The number of carbonyl (C=O) groups excluding carboxylic acids is 1. The van der Waals surface area contributed by atoms with Gasteiger partial charge in [0.2, 0.25) is 0 Å². The van der Waals surface area contributed by atoms with Gasteiger partial charge in [0.1, 0.15) is 5.82 Å². The highest BCUT2D eigenvalue weighted by atomic mass is 35.5. The van der Waals surface area contributed by atoms with Gasteiger partial charge in [-0.3, -0.25) is 4.79 Å². The van der Waals surface area contributed by atoms with Gasteiger partial charge in [0.15, 0.2) is 5.69 Å². The predicted molar refractivity (Wildman–Crippen MR) is 90.5 cm³/mol. The van der Waals surface area contributed by atoms with Crippen molar-refractivity contribution < 1.29 is 9.18 Å². The van der Waals surface area contributed by atoms with Crippen molar-refractivity contribution >= 4 is 18.3 Å². The number of likely N-dealkylation sites (tertiary alicyclic amines) is 1. The molecular formula is C16H21ClFN5O. The summed E-state index contributed by atoms with van der Waals surface area (Å²) in [4.78, 5) is 14.2. The predicted octanol–water partition coefficient (Wildman–Crippen LogP) is 1.70. The molecular weight excluding hydrogens is 333 g/mol. The first-order chi connectivity index (χ1) is 11.0. The second-order valence-electron chi connectivity index (χ2n) is 6.42.